The van der Waals surface area contributed by atoms with E-state index >= 15 is 0 Å². The van der Waals surface area contributed by atoms with Crippen LogP contribution in [-0.2, 0) is 4.79 Å². The molecule has 0 aliphatic carbocycles. The van der Waals surface area contributed by atoms with Crippen LogP contribution in [0.4, 0.5) is 0 Å². The van der Waals surface area contributed by atoms with Gasteiger partial charge in [-0.05, 0) is 5.57 Å². The van der Waals surface area contributed by atoms with Crippen molar-refractivity contribution in [1.82, 2.24) is 0 Å². The van der Waals surface area contributed by atoms with Crippen LogP contribution in [0.1, 0.15) is 0 Å². The number of hydrogen-bond acceptors (Lipinski definition) is 2. The molecule has 9 heavy (non-hydrogen) atoms. The minimum Gasteiger partial charge on any atom is -0.480 e. The predicted molar refractivity (Wildman–Crippen MR) is 34.9 cm³/mol. The van der Waals surface area contributed by atoms with Gasteiger partial charge >= 0.3 is 5.97 Å². The lowest BCUT2D eigenvalue weighted by molar-refractivity contribution is -0.137. The minimum atomic E-state index is -1.08. The quantitative estimate of drug-likeness (QED) is 0.530. The van der Waals surface area contributed by atoms with Crippen LogP contribution in [0.2, 0.25) is 0 Å². The Labute approximate surface area is 53.5 Å². The molecule has 0 rings (SSSR count). The summed E-state index contributed by atoms with van der Waals surface area (Å²) in [7, 11) is 0. The molecule has 0 radical (unpaired) electrons. The number of rotatable bonds is 3. The van der Waals surface area contributed by atoms with Crippen molar-refractivity contribution in [3.63, 3.8) is 0 Å². The van der Waals surface area contributed by atoms with Gasteiger partial charge in [0, 0.05) is 0 Å². The van der Waals surface area contributed by atoms with E-state index in [-0.39, 0.29) is 0 Å². The Kier molecular flexibility index (Phi) is 2.67. The van der Waals surface area contributed by atoms with E-state index in [0.717, 1.165) is 0 Å². The Morgan fingerprint density at radius 2 is 2.22 bits per heavy atom. The Balaban J connectivity index is 4.03. The molecular formula is C6H9NO2. The molecule has 3 nitrogen and oxygen atoms in total. The summed E-state index contributed by atoms with van der Waals surface area (Å²) in [5.41, 5.74) is 5.42. The molecule has 0 spiro atoms. The fourth-order valence-electron chi connectivity index (χ4n) is 0.286. The van der Waals surface area contributed by atoms with Gasteiger partial charge in [-0.1, -0.05) is 19.2 Å². The summed E-state index contributed by atoms with van der Waals surface area (Å²) in [6.45, 7) is 6.69. The van der Waals surface area contributed by atoms with Crippen molar-refractivity contribution in [2.75, 3.05) is 0 Å². The lowest BCUT2D eigenvalue weighted by Gasteiger charge is -2.03. The fraction of sp³-hybridized carbons (Fsp3) is 0.167. The minimum absolute atomic E-state index is 0.322. The molecule has 0 aliphatic rings. The molecule has 0 aliphatic heterocycles. The molecule has 3 heteroatoms. The summed E-state index contributed by atoms with van der Waals surface area (Å²) in [4.78, 5) is 10.1. The van der Waals surface area contributed by atoms with Crippen molar-refractivity contribution in [3.8, 4) is 0 Å². The van der Waals surface area contributed by atoms with Crippen molar-refractivity contribution < 1.29 is 9.90 Å². The summed E-state index contributed by atoms with van der Waals surface area (Å²) >= 11 is 0. The van der Waals surface area contributed by atoms with Crippen molar-refractivity contribution in [2.24, 2.45) is 5.73 Å². The third kappa shape index (κ3) is 2.10. The Morgan fingerprint density at radius 3 is 2.33 bits per heavy atom. The Morgan fingerprint density at radius 1 is 1.78 bits per heavy atom. The van der Waals surface area contributed by atoms with E-state index in [0.29, 0.717) is 5.57 Å². The van der Waals surface area contributed by atoms with Crippen molar-refractivity contribution in [1.29, 1.82) is 0 Å². The van der Waals surface area contributed by atoms with Crippen LogP contribution in [0.15, 0.2) is 24.8 Å². The molecule has 50 valence electrons. The molecule has 0 unspecified atom stereocenters. The molecular weight excluding hydrogens is 118 g/mol. The average molecular weight is 127 g/mol. The number of aliphatic carboxylic acids is 1. The predicted octanol–water partition coefficient (Wildman–Crippen LogP) is 0.140. The third-order valence-corrected chi connectivity index (χ3v) is 0.928. The molecule has 0 aromatic heterocycles. The lowest BCUT2D eigenvalue weighted by atomic mass is 10.1. The first kappa shape index (κ1) is 7.91. The lowest BCUT2D eigenvalue weighted by Crippen LogP contribution is -2.30. The zero-order valence-corrected chi connectivity index (χ0v) is 5.00. The highest BCUT2D eigenvalue weighted by molar-refractivity contribution is 5.77. The van der Waals surface area contributed by atoms with E-state index < -0.39 is 12.0 Å². The van der Waals surface area contributed by atoms with Crippen LogP contribution in [0, 0.1) is 0 Å². The molecule has 0 saturated heterocycles. The van der Waals surface area contributed by atoms with Crippen LogP contribution in [0.25, 0.3) is 0 Å². The van der Waals surface area contributed by atoms with E-state index in [9.17, 15) is 4.79 Å². The largest absolute Gasteiger partial charge is 0.480 e. The van der Waals surface area contributed by atoms with Gasteiger partial charge < -0.3 is 10.8 Å². The summed E-state index contributed by atoms with van der Waals surface area (Å²) < 4.78 is 0. The number of hydrogen-bond donors (Lipinski definition) is 2. The van der Waals surface area contributed by atoms with Crippen LogP contribution < -0.4 is 5.73 Å². The van der Waals surface area contributed by atoms with E-state index in [2.05, 4.69) is 13.2 Å². The zero-order chi connectivity index (χ0) is 7.44. The van der Waals surface area contributed by atoms with E-state index in [1.165, 1.54) is 6.08 Å². The molecule has 0 saturated carbocycles. The van der Waals surface area contributed by atoms with E-state index in [1.807, 2.05) is 0 Å². The second-order valence-corrected chi connectivity index (χ2v) is 1.59. The van der Waals surface area contributed by atoms with Crippen LogP contribution in [0.5, 0.6) is 0 Å². The SMILES string of the molecule is C=CC(=C)[C@@H](N)C(=O)O. The molecule has 0 fully saturated rings. The number of carboxylic acids is 1. The van der Waals surface area contributed by atoms with E-state index in [1.54, 1.807) is 0 Å². The van der Waals surface area contributed by atoms with Gasteiger partial charge in [-0.3, -0.25) is 4.79 Å². The molecule has 0 amide bonds. The van der Waals surface area contributed by atoms with Crippen molar-refractivity contribution in [3.05, 3.63) is 24.8 Å². The van der Waals surface area contributed by atoms with Crippen LogP contribution in [-0.4, -0.2) is 17.1 Å². The van der Waals surface area contributed by atoms with Gasteiger partial charge in [0.25, 0.3) is 0 Å². The summed E-state index contributed by atoms with van der Waals surface area (Å²) in [6, 6.07) is -1.01. The fourth-order valence-corrected chi connectivity index (χ4v) is 0.286. The average Bonchev–Trinajstić information content (AvgIpc) is 1.84. The first-order chi connectivity index (χ1) is 4.09. The van der Waals surface area contributed by atoms with Gasteiger partial charge in [0.05, 0.1) is 0 Å². The highest BCUT2D eigenvalue weighted by atomic mass is 16.4. The number of carbonyl (C=O) groups is 1. The third-order valence-electron chi connectivity index (χ3n) is 0.928. The monoisotopic (exact) mass is 127 g/mol. The van der Waals surface area contributed by atoms with E-state index in [4.69, 9.17) is 10.8 Å². The molecule has 0 bridgehead atoms. The molecule has 0 aromatic carbocycles. The second-order valence-electron chi connectivity index (χ2n) is 1.59. The number of nitrogens with two attached hydrogens (primary N) is 1. The maximum Gasteiger partial charge on any atom is 0.325 e. The highest BCUT2D eigenvalue weighted by Crippen LogP contribution is 1.95. The summed E-state index contributed by atoms with van der Waals surface area (Å²) in [5.74, 6) is -1.08. The second kappa shape index (κ2) is 3.04. The van der Waals surface area contributed by atoms with Crippen LogP contribution in [0.3, 0.4) is 0 Å². The first-order valence-electron chi connectivity index (χ1n) is 2.39. The van der Waals surface area contributed by atoms with Gasteiger partial charge in [-0.25, -0.2) is 0 Å². The zero-order valence-electron chi connectivity index (χ0n) is 5.00. The standard InChI is InChI=1S/C6H9NO2/c1-3-4(2)5(7)6(8)9/h3,5H,1-2,7H2,(H,8,9)/t5-/m1/s1. The van der Waals surface area contributed by atoms with Gasteiger partial charge in [0.15, 0.2) is 0 Å². The Hall–Kier alpha value is -1.09. The van der Waals surface area contributed by atoms with Crippen molar-refractivity contribution >= 4 is 5.97 Å². The normalized spacial score (nSPS) is 12.1. The molecule has 0 heterocycles. The van der Waals surface area contributed by atoms with Gasteiger partial charge in [-0.15, -0.1) is 0 Å². The molecule has 1 atom stereocenters. The maximum atomic E-state index is 10.1. The summed E-state index contributed by atoms with van der Waals surface area (Å²) in [6.07, 6.45) is 1.33. The van der Waals surface area contributed by atoms with Crippen LogP contribution >= 0.6 is 0 Å². The van der Waals surface area contributed by atoms with Gasteiger partial charge in [0.1, 0.15) is 6.04 Å². The van der Waals surface area contributed by atoms with Gasteiger partial charge in [-0.2, -0.15) is 0 Å². The Bertz CT molecular complexity index is 151. The van der Waals surface area contributed by atoms with Crippen molar-refractivity contribution in [2.45, 2.75) is 6.04 Å². The molecule has 0 aromatic rings. The summed E-state index contributed by atoms with van der Waals surface area (Å²) in [5, 5.41) is 8.25. The number of carboxylic acid groups (broad SMARTS) is 1. The smallest absolute Gasteiger partial charge is 0.325 e. The van der Waals surface area contributed by atoms with Gasteiger partial charge in [0.2, 0.25) is 0 Å². The first-order valence-corrected chi connectivity index (χ1v) is 2.39. The molecule has 3 N–H and O–H groups in total. The highest BCUT2D eigenvalue weighted by Gasteiger charge is 2.11. The maximum absolute atomic E-state index is 10.1. The topological polar surface area (TPSA) is 63.3 Å².